The first-order valence-corrected chi connectivity index (χ1v) is 9.06. The highest BCUT2D eigenvalue weighted by molar-refractivity contribution is 4.94. The molecular weight excluding hydrogens is 246 g/mol. The zero-order valence-electron chi connectivity index (χ0n) is 14.0. The van der Waals surface area contributed by atoms with Crippen LogP contribution in [0, 0.1) is 5.41 Å². The lowest BCUT2D eigenvalue weighted by atomic mass is 9.76. The van der Waals surface area contributed by atoms with E-state index < -0.39 is 0 Å². The van der Waals surface area contributed by atoms with E-state index in [-0.39, 0.29) is 5.60 Å². The Bertz CT molecular complexity index is 279. The lowest BCUT2D eigenvalue weighted by Gasteiger charge is -2.37. The molecule has 2 aliphatic rings. The lowest BCUT2D eigenvalue weighted by molar-refractivity contribution is -0.0777. The van der Waals surface area contributed by atoms with Crippen LogP contribution in [-0.4, -0.2) is 24.8 Å². The maximum absolute atomic E-state index is 6.60. The Morgan fingerprint density at radius 3 is 2.35 bits per heavy atom. The highest BCUT2D eigenvalue weighted by atomic mass is 16.5. The van der Waals surface area contributed by atoms with Gasteiger partial charge in [0.2, 0.25) is 0 Å². The lowest BCUT2D eigenvalue weighted by Crippen LogP contribution is -2.38. The number of ether oxygens (including phenoxy) is 1. The molecule has 2 fully saturated rings. The molecule has 1 N–H and O–H groups in total. The maximum atomic E-state index is 6.60. The van der Waals surface area contributed by atoms with Gasteiger partial charge in [0.05, 0.1) is 11.7 Å². The zero-order chi connectivity index (χ0) is 14.5. The van der Waals surface area contributed by atoms with Crippen LogP contribution in [0.4, 0.5) is 0 Å². The van der Waals surface area contributed by atoms with Crippen LogP contribution in [0.5, 0.6) is 0 Å². The molecule has 1 saturated carbocycles. The van der Waals surface area contributed by atoms with Crippen LogP contribution in [0.25, 0.3) is 0 Å². The second-order valence-corrected chi connectivity index (χ2v) is 7.21. The molecule has 1 saturated heterocycles. The van der Waals surface area contributed by atoms with E-state index >= 15 is 0 Å². The molecule has 1 spiro atoms. The van der Waals surface area contributed by atoms with Gasteiger partial charge in [-0.3, -0.25) is 0 Å². The first-order chi connectivity index (χ1) is 9.67. The van der Waals surface area contributed by atoms with E-state index in [1.165, 1.54) is 64.2 Å². The summed E-state index contributed by atoms with van der Waals surface area (Å²) in [7, 11) is 0. The first kappa shape index (κ1) is 16.3. The van der Waals surface area contributed by atoms with E-state index in [2.05, 4.69) is 26.1 Å². The average Bonchev–Trinajstić information content (AvgIpc) is 2.86. The van der Waals surface area contributed by atoms with Crippen molar-refractivity contribution in [3.63, 3.8) is 0 Å². The minimum absolute atomic E-state index is 0.286. The van der Waals surface area contributed by atoms with Gasteiger partial charge in [-0.05, 0) is 56.9 Å². The van der Waals surface area contributed by atoms with E-state index in [4.69, 9.17) is 4.74 Å². The SMILES string of the molecule is CCNCC(CC)(CC)CC1CCC2(CCCCC2)O1. The second-order valence-electron chi connectivity index (χ2n) is 7.21. The predicted molar refractivity (Wildman–Crippen MR) is 86.1 cm³/mol. The van der Waals surface area contributed by atoms with E-state index in [0.717, 1.165) is 13.1 Å². The Morgan fingerprint density at radius 2 is 1.75 bits per heavy atom. The topological polar surface area (TPSA) is 21.3 Å². The molecule has 1 heterocycles. The zero-order valence-corrected chi connectivity index (χ0v) is 14.0. The highest BCUT2D eigenvalue weighted by Crippen LogP contribution is 2.45. The summed E-state index contributed by atoms with van der Waals surface area (Å²) in [4.78, 5) is 0. The molecule has 20 heavy (non-hydrogen) atoms. The highest BCUT2D eigenvalue weighted by Gasteiger charge is 2.43. The molecule has 1 unspecified atom stereocenters. The van der Waals surface area contributed by atoms with Gasteiger partial charge in [0.1, 0.15) is 0 Å². The first-order valence-electron chi connectivity index (χ1n) is 9.06. The Balaban J connectivity index is 1.91. The van der Waals surface area contributed by atoms with Crippen molar-refractivity contribution in [3.8, 4) is 0 Å². The van der Waals surface area contributed by atoms with Crippen molar-refractivity contribution >= 4 is 0 Å². The Hall–Kier alpha value is -0.0800. The molecule has 0 radical (unpaired) electrons. The summed E-state index contributed by atoms with van der Waals surface area (Å²) in [5, 5.41) is 3.58. The molecule has 0 amide bonds. The molecule has 0 aromatic rings. The summed E-state index contributed by atoms with van der Waals surface area (Å²) in [6.45, 7) is 9.15. The van der Waals surface area contributed by atoms with Crippen LogP contribution in [0.1, 0.15) is 85.0 Å². The molecular formula is C18H35NO. The van der Waals surface area contributed by atoms with Crippen molar-refractivity contribution in [2.45, 2.75) is 96.7 Å². The van der Waals surface area contributed by atoms with Crippen molar-refractivity contribution in [2.24, 2.45) is 5.41 Å². The number of hydrogen-bond donors (Lipinski definition) is 1. The van der Waals surface area contributed by atoms with Crippen molar-refractivity contribution in [1.82, 2.24) is 5.32 Å². The summed E-state index contributed by atoms with van der Waals surface area (Å²) in [5.41, 5.74) is 0.731. The largest absolute Gasteiger partial charge is 0.372 e. The van der Waals surface area contributed by atoms with Gasteiger partial charge in [-0.2, -0.15) is 0 Å². The Morgan fingerprint density at radius 1 is 1.05 bits per heavy atom. The molecule has 2 heteroatoms. The molecule has 1 atom stereocenters. The van der Waals surface area contributed by atoms with E-state index in [1.54, 1.807) is 0 Å². The minimum Gasteiger partial charge on any atom is -0.372 e. The Kier molecular flexibility index (Phi) is 5.92. The van der Waals surface area contributed by atoms with Gasteiger partial charge in [-0.25, -0.2) is 0 Å². The third kappa shape index (κ3) is 3.76. The molecule has 2 rings (SSSR count). The molecule has 2 nitrogen and oxygen atoms in total. The van der Waals surface area contributed by atoms with Crippen LogP contribution < -0.4 is 5.32 Å². The molecule has 0 aromatic carbocycles. The fourth-order valence-electron chi connectivity index (χ4n) is 4.34. The van der Waals surface area contributed by atoms with Gasteiger partial charge >= 0.3 is 0 Å². The molecule has 0 bridgehead atoms. The molecule has 1 aliphatic heterocycles. The molecule has 1 aliphatic carbocycles. The molecule has 118 valence electrons. The fraction of sp³-hybridized carbons (Fsp3) is 1.00. The van der Waals surface area contributed by atoms with E-state index in [1.807, 2.05) is 0 Å². The molecule has 0 aromatic heterocycles. The summed E-state index contributed by atoms with van der Waals surface area (Å²) in [5.74, 6) is 0. The van der Waals surface area contributed by atoms with Crippen molar-refractivity contribution in [3.05, 3.63) is 0 Å². The van der Waals surface area contributed by atoms with Crippen molar-refractivity contribution in [2.75, 3.05) is 13.1 Å². The normalized spacial score (nSPS) is 26.2. The fourth-order valence-corrected chi connectivity index (χ4v) is 4.34. The average molecular weight is 281 g/mol. The third-order valence-electron chi connectivity index (χ3n) is 6.01. The second kappa shape index (κ2) is 7.26. The number of hydrogen-bond acceptors (Lipinski definition) is 2. The van der Waals surface area contributed by atoms with Gasteiger partial charge in [0, 0.05) is 6.54 Å². The number of nitrogens with one attached hydrogen (secondary N) is 1. The van der Waals surface area contributed by atoms with Gasteiger partial charge in [-0.15, -0.1) is 0 Å². The maximum Gasteiger partial charge on any atom is 0.0687 e. The van der Waals surface area contributed by atoms with Crippen LogP contribution in [0.3, 0.4) is 0 Å². The third-order valence-corrected chi connectivity index (χ3v) is 6.01. The summed E-state index contributed by atoms with van der Waals surface area (Å²) in [6, 6.07) is 0. The summed E-state index contributed by atoms with van der Waals surface area (Å²) < 4.78 is 6.60. The smallest absolute Gasteiger partial charge is 0.0687 e. The van der Waals surface area contributed by atoms with Crippen molar-refractivity contribution in [1.29, 1.82) is 0 Å². The minimum atomic E-state index is 0.286. The van der Waals surface area contributed by atoms with Crippen LogP contribution in [0.2, 0.25) is 0 Å². The van der Waals surface area contributed by atoms with Gasteiger partial charge in [0.25, 0.3) is 0 Å². The van der Waals surface area contributed by atoms with Gasteiger partial charge in [-0.1, -0.05) is 40.0 Å². The van der Waals surface area contributed by atoms with E-state index in [0.29, 0.717) is 11.5 Å². The van der Waals surface area contributed by atoms with Crippen LogP contribution >= 0.6 is 0 Å². The van der Waals surface area contributed by atoms with Crippen LogP contribution in [-0.2, 0) is 4.74 Å². The van der Waals surface area contributed by atoms with Crippen molar-refractivity contribution < 1.29 is 4.74 Å². The van der Waals surface area contributed by atoms with Crippen LogP contribution in [0.15, 0.2) is 0 Å². The summed E-state index contributed by atoms with van der Waals surface area (Å²) >= 11 is 0. The summed E-state index contributed by atoms with van der Waals surface area (Å²) in [6.07, 6.45) is 13.8. The quantitative estimate of drug-likeness (QED) is 0.732. The number of rotatable bonds is 7. The van der Waals surface area contributed by atoms with Gasteiger partial charge < -0.3 is 10.1 Å². The predicted octanol–water partition coefficient (Wildman–Crippen LogP) is 4.67. The van der Waals surface area contributed by atoms with Gasteiger partial charge in [0.15, 0.2) is 0 Å². The monoisotopic (exact) mass is 281 g/mol. The Labute approximate surface area is 126 Å². The van der Waals surface area contributed by atoms with E-state index in [9.17, 15) is 0 Å². The standard InChI is InChI=1S/C18H35NO/c1-4-17(5-2,15-19-6-3)14-16-10-13-18(20-16)11-8-7-9-12-18/h16,19H,4-15H2,1-3H3.